The minimum atomic E-state index is -0.939. The van der Waals surface area contributed by atoms with E-state index in [0.717, 1.165) is 5.56 Å². The van der Waals surface area contributed by atoms with Gasteiger partial charge in [0, 0.05) is 12.6 Å². The summed E-state index contributed by atoms with van der Waals surface area (Å²) in [4.78, 5) is 10.2. The highest BCUT2D eigenvalue weighted by Crippen LogP contribution is 2.25. The Balaban J connectivity index is 2.63. The largest absolute Gasteiger partial charge is 0.445 e. The Kier molecular flexibility index (Phi) is 3.31. The summed E-state index contributed by atoms with van der Waals surface area (Å²) in [6.07, 6.45) is 4.39. The van der Waals surface area contributed by atoms with Gasteiger partial charge in [0.15, 0.2) is 5.06 Å². The van der Waals surface area contributed by atoms with Gasteiger partial charge < -0.3 is 4.74 Å². The number of aromatic amines is 1. The molecule has 0 radical (unpaired) electrons. The molecule has 1 heterocycles. The minimum Gasteiger partial charge on any atom is -0.445 e. The monoisotopic (exact) mass is 202 g/mol. The van der Waals surface area contributed by atoms with Crippen molar-refractivity contribution in [2.24, 2.45) is 0 Å². The number of aromatic nitrogens is 2. The highest BCUT2D eigenvalue weighted by molar-refractivity contribution is 6.23. The van der Waals surface area contributed by atoms with Gasteiger partial charge in [-0.05, 0) is 12.0 Å². The minimum absolute atomic E-state index is 0.372. The molecule has 0 spiro atoms. The van der Waals surface area contributed by atoms with E-state index in [2.05, 4.69) is 10.2 Å². The maximum absolute atomic E-state index is 10.2. The molecule has 0 aromatic carbocycles. The van der Waals surface area contributed by atoms with Crippen LogP contribution >= 0.6 is 11.6 Å². The first-order valence-electron chi connectivity index (χ1n) is 3.98. The van der Waals surface area contributed by atoms with E-state index >= 15 is 0 Å². The lowest BCUT2D eigenvalue weighted by Gasteiger charge is -2.22. The van der Waals surface area contributed by atoms with Crippen LogP contribution in [0.1, 0.15) is 18.9 Å². The number of hydrogen-bond acceptors (Lipinski definition) is 3. The van der Waals surface area contributed by atoms with Crippen molar-refractivity contribution < 1.29 is 9.53 Å². The second-order valence-corrected chi connectivity index (χ2v) is 3.42. The Morgan fingerprint density at radius 2 is 2.62 bits per heavy atom. The standard InChI is InChI=1S/C8H11ClN2O2/c1-2-8(9,13-6-12)3-7-4-10-11-5-7/h4-6H,2-3H2,1H3,(H,10,11). The molecule has 0 saturated carbocycles. The van der Waals surface area contributed by atoms with Crippen molar-refractivity contribution in [3.63, 3.8) is 0 Å². The Bertz CT molecular complexity index is 263. The summed E-state index contributed by atoms with van der Waals surface area (Å²) >= 11 is 6.02. The molecule has 0 amide bonds. The van der Waals surface area contributed by atoms with Gasteiger partial charge in [-0.1, -0.05) is 18.5 Å². The van der Waals surface area contributed by atoms with E-state index in [1.165, 1.54) is 0 Å². The van der Waals surface area contributed by atoms with Crippen LogP contribution in [-0.2, 0) is 16.0 Å². The molecule has 1 N–H and O–H groups in total. The number of halogens is 1. The quantitative estimate of drug-likeness (QED) is 0.581. The summed E-state index contributed by atoms with van der Waals surface area (Å²) in [6, 6.07) is 0. The molecule has 0 fully saturated rings. The zero-order valence-corrected chi connectivity index (χ0v) is 8.04. The fourth-order valence-corrected chi connectivity index (χ4v) is 1.21. The average Bonchev–Trinajstić information content (AvgIpc) is 2.57. The summed E-state index contributed by atoms with van der Waals surface area (Å²) in [7, 11) is 0. The zero-order valence-electron chi connectivity index (χ0n) is 7.29. The third kappa shape index (κ3) is 2.73. The van der Waals surface area contributed by atoms with Gasteiger partial charge in [-0.15, -0.1) is 0 Å². The summed E-state index contributed by atoms with van der Waals surface area (Å²) in [5.41, 5.74) is 0.915. The van der Waals surface area contributed by atoms with E-state index in [9.17, 15) is 4.79 Å². The summed E-state index contributed by atoms with van der Waals surface area (Å²) in [5, 5.41) is 5.50. The maximum Gasteiger partial charge on any atom is 0.294 e. The fourth-order valence-electron chi connectivity index (χ4n) is 1.02. The van der Waals surface area contributed by atoms with Gasteiger partial charge in [0.2, 0.25) is 0 Å². The number of H-pyrrole nitrogens is 1. The molecule has 1 aromatic heterocycles. The van der Waals surface area contributed by atoms with Crippen molar-refractivity contribution in [2.45, 2.75) is 24.8 Å². The lowest BCUT2D eigenvalue weighted by atomic mass is 10.1. The molecule has 1 unspecified atom stereocenters. The van der Waals surface area contributed by atoms with Gasteiger partial charge in [-0.2, -0.15) is 5.10 Å². The summed E-state index contributed by atoms with van der Waals surface area (Å²) < 4.78 is 4.80. The van der Waals surface area contributed by atoms with Crippen LogP contribution in [0.4, 0.5) is 0 Å². The number of nitrogens with zero attached hydrogens (tertiary/aromatic N) is 1. The van der Waals surface area contributed by atoms with Gasteiger partial charge in [-0.3, -0.25) is 9.89 Å². The van der Waals surface area contributed by atoms with Crippen LogP contribution in [0.15, 0.2) is 12.4 Å². The van der Waals surface area contributed by atoms with Crippen molar-refractivity contribution in [2.75, 3.05) is 0 Å². The van der Waals surface area contributed by atoms with Crippen molar-refractivity contribution in [1.82, 2.24) is 10.2 Å². The number of nitrogens with one attached hydrogen (secondary N) is 1. The van der Waals surface area contributed by atoms with Gasteiger partial charge in [0.1, 0.15) is 0 Å². The Morgan fingerprint density at radius 3 is 3.08 bits per heavy atom. The van der Waals surface area contributed by atoms with Gasteiger partial charge in [-0.25, -0.2) is 0 Å². The number of alkyl halides is 1. The first-order valence-corrected chi connectivity index (χ1v) is 4.36. The molecule has 72 valence electrons. The first-order chi connectivity index (χ1) is 6.20. The third-order valence-corrected chi connectivity index (χ3v) is 2.30. The normalized spacial score (nSPS) is 14.9. The molecule has 0 aliphatic heterocycles. The third-order valence-electron chi connectivity index (χ3n) is 1.81. The number of carbonyl (C=O) groups excluding carboxylic acids is 1. The van der Waals surface area contributed by atoms with Crippen molar-refractivity contribution in [1.29, 1.82) is 0 Å². The molecule has 1 atom stereocenters. The number of carbonyl (C=O) groups is 1. The van der Waals surface area contributed by atoms with Crippen molar-refractivity contribution in [3.8, 4) is 0 Å². The Hall–Kier alpha value is -1.03. The number of hydrogen-bond donors (Lipinski definition) is 1. The molecule has 13 heavy (non-hydrogen) atoms. The molecular weight excluding hydrogens is 192 g/mol. The Labute approximate surface area is 81.2 Å². The van der Waals surface area contributed by atoms with Crippen LogP contribution in [0.5, 0.6) is 0 Å². The molecule has 4 nitrogen and oxygen atoms in total. The second-order valence-electron chi connectivity index (χ2n) is 2.73. The highest BCUT2D eigenvalue weighted by Gasteiger charge is 2.27. The second kappa shape index (κ2) is 4.28. The lowest BCUT2D eigenvalue weighted by Crippen LogP contribution is -2.26. The predicted octanol–water partition coefficient (Wildman–Crippen LogP) is 1.47. The van der Waals surface area contributed by atoms with Crippen LogP contribution in [0, 0.1) is 0 Å². The van der Waals surface area contributed by atoms with E-state index in [4.69, 9.17) is 16.3 Å². The zero-order chi connectivity index (χ0) is 9.73. The SMILES string of the molecule is CCC(Cl)(Cc1cn[nH]c1)OC=O. The van der Waals surface area contributed by atoms with Crippen LogP contribution in [0.3, 0.4) is 0 Å². The first kappa shape index (κ1) is 10.1. The van der Waals surface area contributed by atoms with Crippen LogP contribution in [-0.4, -0.2) is 21.7 Å². The van der Waals surface area contributed by atoms with Gasteiger partial charge in [0.05, 0.1) is 6.20 Å². The topological polar surface area (TPSA) is 55.0 Å². The van der Waals surface area contributed by atoms with Crippen molar-refractivity contribution in [3.05, 3.63) is 18.0 Å². The van der Waals surface area contributed by atoms with E-state index in [1.807, 2.05) is 6.92 Å². The molecule has 1 rings (SSSR count). The van der Waals surface area contributed by atoms with Crippen LogP contribution in [0.25, 0.3) is 0 Å². The Morgan fingerprint density at radius 1 is 1.85 bits per heavy atom. The lowest BCUT2D eigenvalue weighted by molar-refractivity contribution is -0.136. The van der Waals surface area contributed by atoms with Gasteiger partial charge in [0.25, 0.3) is 6.47 Å². The van der Waals surface area contributed by atoms with E-state index in [-0.39, 0.29) is 0 Å². The molecular formula is C8H11ClN2O2. The average molecular weight is 203 g/mol. The number of ether oxygens (including phenoxy) is 1. The van der Waals surface area contributed by atoms with E-state index in [0.29, 0.717) is 19.3 Å². The molecule has 0 aliphatic rings. The fraction of sp³-hybridized carbons (Fsp3) is 0.500. The summed E-state index contributed by atoms with van der Waals surface area (Å²) in [5.74, 6) is 0. The van der Waals surface area contributed by atoms with E-state index < -0.39 is 5.06 Å². The molecule has 1 aromatic rings. The highest BCUT2D eigenvalue weighted by atomic mass is 35.5. The van der Waals surface area contributed by atoms with E-state index in [1.54, 1.807) is 12.4 Å². The number of rotatable bonds is 5. The van der Waals surface area contributed by atoms with Crippen LogP contribution < -0.4 is 0 Å². The molecule has 0 saturated heterocycles. The van der Waals surface area contributed by atoms with Crippen LogP contribution in [0.2, 0.25) is 0 Å². The maximum atomic E-state index is 10.2. The molecule has 0 bridgehead atoms. The predicted molar refractivity (Wildman–Crippen MR) is 48.3 cm³/mol. The molecule has 5 heteroatoms. The van der Waals surface area contributed by atoms with Gasteiger partial charge >= 0.3 is 0 Å². The smallest absolute Gasteiger partial charge is 0.294 e. The summed E-state index contributed by atoms with van der Waals surface area (Å²) in [6.45, 7) is 2.23. The molecule has 0 aliphatic carbocycles. The van der Waals surface area contributed by atoms with Crippen molar-refractivity contribution >= 4 is 18.1 Å².